The number of rotatable bonds is 7. The maximum absolute atomic E-state index is 12.3. The Bertz CT molecular complexity index is 365. The quantitative estimate of drug-likeness (QED) is 0.669. The number of nitrogens with one attached hydrogen (secondary N) is 1. The molecule has 0 aromatic heterocycles. The van der Waals surface area contributed by atoms with Gasteiger partial charge in [0, 0.05) is 13.2 Å². The number of hydrogen-bond donors (Lipinski definition) is 3. The largest absolute Gasteiger partial charge is 0.416 e. The molecule has 0 bridgehead atoms. The van der Waals surface area contributed by atoms with Crippen LogP contribution in [0.3, 0.4) is 0 Å². The lowest BCUT2D eigenvalue weighted by Gasteiger charge is -2.13. The number of aliphatic hydroxyl groups excluding tert-OH is 2. The van der Waals surface area contributed by atoms with E-state index in [1.165, 1.54) is 12.1 Å². The van der Waals surface area contributed by atoms with E-state index in [1.54, 1.807) is 0 Å². The average molecular weight is 277 g/mol. The van der Waals surface area contributed by atoms with Gasteiger partial charge in [0.15, 0.2) is 0 Å². The number of alkyl halides is 3. The van der Waals surface area contributed by atoms with E-state index in [-0.39, 0.29) is 13.2 Å². The fourth-order valence-electron chi connectivity index (χ4n) is 1.61. The lowest BCUT2D eigenvalue weighted by molar-refractivity contribution is -0.137. The second-order valence-corrected chi connectivity index (χ2v) is 4.27. The molecule has 19 heavy (non-hydrogen) atoms. The highest BCUT2D eigenvalue weighted by atomic mass is 19.4. The van der Waals surface area contributed by atoms with Crippen LogP contribution in [0.4, 0.5) is 13.2 Å². The Hall–Kier alpha value is -1.11. The minimum Gasteiger partial charge on any atom is -0.396 e. The average Bonchev–Trinajstić information content (AvgIpc) is 2.37. The zero-order valence-corrected chi connectivity index (χ0v) is 10.5. The molecule has 6 heteroatoms. The first kappa shape index (κ1) is 15.9. The van der Waals surface area contributed by atoms with E-state index < -0.39 is 17.8 Å². The third-order valence-electron chi connectivity index (χ3n) is 2.72. The molecule has 0 saturated heterocycles. The van der Waals surface area contributed by atoms with Crippen LogP contribution in [-0.2, 0) is 6.18 Å². The molecule has 0 aliphatic carbocycles. The first-order valence-electron chi connectivity index (χ1n) is 6.12. The summed E-state index contributed by atoms with van der Waals surface area (Å²) < 4.78 is 37.0. The van der Waals surface area contributed by atoms with E-state index in [9.17, 15) is 18.3 Å². The van der Waals surface area contributed by atoms with Gasteiger partial charge in [-0.05, 0) is 37.1 Å². The number of halogens is 3. The van der Waals surface area contributed by atoms with Gasteiger partial charge in [0.1, 0.15) is 0 Å². The van der Waals surface area contributed by atoms with Gasteiger partial charge in [-0.15, -0.1) is 0 Å². The van der Waals surface area contributed by atoms with Crippen LogP contribution < -0.4 is 5.32 Å². The SMILES string of the molecule is OCCCCNCC(O)c1ccc(C(F)(F)F)cc1. The fourth-order valence-corrected chi connectivity index (χ4v) is 1.61. The van der Waals surface area contributed by atoms with Crippen molar-refractivity contribution in [2.45, 2.75) is 25.1 Å². The number of aliphatic hydroxyl groups is 2. The molecule has 1 aromatic carbocycles. The molecule has 1 rings (SSSR count). The third-order valence-corrected chi connectivity index (χ3v) is 2.72. The zero-order chi connectivity index (χ0) is 14.3. The Morgan fingerprint density at radius 2 is 1.74 bits per heavy atom. The summed E-state index contributed by atoms with van der Waals surface area (Å²) in [7, 11) is 0. The van der Waals surface area contributed by atoms with E-state index in [4.69, 9.17) is 5.11 Å². The zero-order valence-electron chi connectivity index (χ0n) is 10.5. The van der Waals surface area contributed by atoms with Crippen molar-refractivity contribution in [1.29, 1.82) is 0 Å². The van der Waals surface area contributed by atoms with Crippen LogP contribution in [0.15, 0.2) is 24.3 Å². The lowest BCUT2D eigenvalue weighted by atomic mass is 10.1. The van der Waals surface area contributed by atoms with Crippen molar-refractivity contribution < 1.29 is 23.4 Å². The summed E-state index contributed by atoms with van der Waals surface area (Å²) in [6.07, 6.45) is -3.72. The number of benzene rings is 1. The summed E-state index contributed by atoms with van der Waals surface area (Å²) in [4.78, 5) is 0. The minimum atomic E-state index is -4.36. The molecule has 1 unspecified atom stereocenters. The summed E-state index contributed by atoms with van der Waals surface area (Å²) >= 11 is 0. The van der Waals surface area contributed by atoms with Crippen molar-refractivity contribution in [3.8, 4) is 0 Å². The Labute approximate surface area is 110 Å². The van der Waals surface area contributed by atoms with E-state index in [1.807, 2.05) is 0 Å². The summed E-state index contributed by atoms with van der Waals surface area (Å²) in [5.41, 5.74) is -0.276. The number of unbranched alkanes of at least 4 members (excludes halogenated alkanes) is 1. The Balaban J connectivity index is 2.42. The Morgan fingerprint density at radius 3 is 2.26 bits per heavy atom. The molecule has 0 saturated carbocycles. The maximum atomic E-state index is 12.3. The minimum absolute atomic E-state index is 0.128. The normalized spacial score (nSPS) is 13.5. The molecule has 0 aliphatic rings. The van der Waals surface area contributed by atoms with Crippen molar-refractivity contribution in [1.82, 2.24) is 5.32 Å². The van der Waals surface area contributed by atoms with Crippen LogP contribution >= 0.6 is 0 Å². The molecule has 108 valence electrons. The standard InChI is InChI=1S/C13H18F3NO2/c14-13(15,16)11-5-3-10(4-6-11)12(19)9-17-7-1-2-8-18/h3-6,12,17-19H,1-2,7-9H2. The van der Waals surface area contributed by atoms with Gasteiger partial charge in [-0.3, -0.25) is 0 Å². The summed E-state index contributed by atoms with van der Waals surface area (Å²) in [6, 6.07) is 4.49. The molecule has 0 aliphatic heterocycles. The molecule has 3 N–H and O–H groups in total. The molecule has 0 fully saturated rings. The third kappa shape index (κ3) is 5.59. The van der Waals surface area contributed by atoms with Crippen molar-refractivity contribution in [3.63, 3.8) is 0 Å². The van der Waals surface area contributed by atoms with Gasteiger partial charge in [0.2, 0.25) is 0 Å². The van der Waals surface area contributed by atoms with Gasteiger partial charge >= 0.3 is 6.18 Å². The molecule has 0 radical (unpaired) electrons. The molecular formula is C13H18F3NO2. The van der Waals surface area contributed by atoms with Gasteiger partial charge in [-0.1, -0.05) is 12.1 Å². The summed E-state index contributed by atoms with van der Waals surface area (Å²) in [6.45, 7) is 1.05. The topological polar surface area (TPSA) is 52.5 Å². The van der Waals surface area contributed by atoms with Crippen molar-refractivity contribution in [2.75, 3.05) is 19.7 Å². The molecule has 1 aromatic rings. The molecule has 1 atom stereocenters. The maximum Gasteiger partial charge on any atom is 0.416 e. The predicted octanol–water partition coefficient (Wildman–Crippen LogP) is 2.10. The van der Waals surface area contributed by atoms with Crippen LogP contribution in [-0.4, -0.2) is 29.9 Å². The first-order chi connectivity index (χ1) is 8.95. The molecule has 0 amide bonds. The highest BCUT2D eigenvalue weighted by Crippen LogP contribution is 2.29. The van der Waals surface area contributed by atoms with Gasteiger partial charge < -0.3 is 15.5 Å². The van der Waals surface area contributed by atoms with Crippen molar-refractivity contribution in [3.05, 3.63) is 35.4 Å². The van der Waals surface area contributed by atoms with Crippen LogP contribution in [0.1, 0.15) is 30.1 Å². The highest BCUT2D eigenvalue weighted by molar-refractivity contribution is 5.26. The second-order valence-electron chi connectivity index (χ2n) is 4.27. The Kier molecular flexibility index (Phi) is 6.27. The smallest absolute Gasteiger partial charge is 0.396 e. The molecular weight excluding hydrogens is 259 g/mol. The van der Waals surface area contributed by atoms with Gasteiger partial charge in [0.25, 0.3) is 0 Å². The molecule has 0 heterocycles. The van der Waals surface area contributed by atoms with Crippen LogP contribution in [0.25, 0.3) is 0 Å². The summed E-state index contributed by atoms with van der Waals surface area (Å²) in [5, 5.41) is 21.3. The lowest BCUT2D eigenvalue weighted by Crippen LogP contribution is -2.22. The van der Waals surface area contributed by atoms with E-state index in [0.29, 0.717) is 18.5 Å². The van der Waals surface area contributed by atoms with Crippen LogP contribution in [0.5, 0.6) is 0 Å². The van der Waals surface area contributed by atoms with Crippen LogP contribution in [0, 0.1) is 0 Å². The van der Waals surface area contributed by atoms with Crippen molar-refractivity contribution in [2.24, 2.45) is 0 Å². The molecule has 0 spiro atoms. The molecule has 3 nitrogen and oxygen atoms in total. The van der Waals surface area contributed by atoms with E-state index in [0.717, 1.165) is 18.6 Å². The number of hydrogen-bond acceptors (Lipinski definition) is 3. The highest BCUT2D eigenvalue weighted by Gasteiger charge is 2.30. The summed E-state index contributed by atoms with van der Waals surface area (Å²) in [5.74, 6) is 0. The van der Waals surface area contributed by atoms with E-state index >= 15 is 0 Å². The monoisotopic (exact) mass is 277 g/mol. The first-order valence-corrected chi connectivity index (χ1v) is 6.12. The van der Waals surface area contributed by atoms with E-state index in [2.05, 4.69) is 5.32 Å². The van der Waals surface area contributed by atoms with Crippen molar-refractivity contribution >= 4 is 0 Å². The fraction of sp³-hybridized carbons (Fsp3) is 0.538. The van der Waals surface area contributed by atoms with Crippen LogP contribution in [0.2, 0.25) is 0 Å². The van der Waals surface area contributed by atoms with Gasteiger partial charge in [-0.25, -0.2) is 0 Å². The van der Waals surface area contributed by atoms with Gasteiger partial charge in [0.05, 0.1) is 11.7 Å². The Morgan fingerprint density at radius 1 is 1.11 bits per heavy atom. The predicted molar refractivity (Wildman–Crippen MR) is 65.6 cm³/mol. The van der Waals surface area contributed by atoms with Gasteiger partial charge in [-0.2, -0.15) is 13.2 Å². The second kappa shape index (κ2) is 7.47.